The van der Waals surface area contributed by atoms with Crippen LogP contribution in [0.5, 0.6) is 5.75 Å². The zero-order valence-electron chi connectivity index (χ0n) is 15.1. The van der Waals surface area contributed by atoms with Gasteiger partial charge in [0.1, 0.15) is 10.8 Å². The van der Waals surface area contributed by atoms with Crippen LogP contribution in [0.4, 0.5) is 5.69 Å². The molecule has 27 heavy (non-hydrogen) atoms. The zero-order valence-corrected chi connectivity index (χ0v) is 15.9. The molecule has 1 aliphatic rings. The second-order valence-electron chi connectivity index (χ2n) is 6.53. The largest absolute Gasteiger partial charge is 0.508 e. The number of piperazine rings is 1. The third-order valence-electron chi connectivity index (χ3n) is 4.80. The average molecular weight is 383 g/mol. The molecule has 0 aliphatic carbocycles. The highest BCUT2D eigenvalue weighted by Gasteiger charge is 2.23. The maximum absolute atomic E-state index is 12.0. The molecule has 1 aliphatic heterocycles. The first-order valence-electron chi connectivity index (χ1n) is 8.87. The van der Waals surface area contributed by atoms with Gasteiger partial charge >= 0.3 is 5.97 Å². The van der Waals surface area contributed by atoms with E-state index in [1.165, 1.54) is 17.9 Å². The fraction of sp³-hybridized carbons (Fsp3) is 0.300. The summed E-state index contributed by atoms with van der Waals surface area (Å²) >= 11 is 1.74. The van der Waals surface area contributed by atoms with E-state index in [1.807, 2.05) is 18.2 Å². The van der Waals surface area contributed by atoms with Crippen molar-refractivity contribution in [3.05, 3.63) is 53.0 Å². The van der Waals surface area contributed by atoms with E-state index in [0.29, 0.717) is 5.56 Å². The number of thiazole rings is 1. The molecule has 6 nitrogen and oxygen atoms in total. The molecular weight excluding hydrogens is 362 g/mol. The quantitative estimate of drug-likeness (QED) is 0.699. The number of anilines is 1. The number of phenolic OH excluding ortho intramolecular Hbond substituents is 1. The Labute approximate surface area is 161 Å². The zero-order chi connectivity index (χ0) is 18.8. The van der Waals surface area contributed by atoms with Gasteiger partial charge in [0.05, 0.1) is 35.1 Å². The number of hydrogen-bond donors (Lipinski definition) is 1. The Bertz CT molecular complexity index is 931. The monoisotopic (exact) mass is 383 g/mol. The van der Waals surface area contributed by atoms with E-state index in [1.54, 1.807) is 23.5 Å². The predicted molar refractivity (Wildman–Crippen MR) is 107 cm³/mol. The Morgan fingerprint density at radius 1 is 1.19 bits per heavy atom. The van der Waals surface area contributed by atoms with Crippen molar-refractivity contribution < 1.29 is 14.6 Å². The first-order valence-corrected chi connectivity index (χ1v) is 9.69. The molecule has 7 heteroatoms. The van der Waals surface area contributed by atoms with Crippen molar-refractivity contribution >= 4 is 33.2 Å². The molecule has 0 atom stereocenters. The summed E-state index contributed by atoms with van der Waals surface area (Å²) < 4.78 is 6.09. The van der Waals surface area contributed by atoms with Gasteiger partial charge in [0.25, 0.3) is 0 Å². The van der Waals surface area contributed by atoms with Gasteiger partial charge in [-0.1, -0.05) is 12.1 Å². The van der Waals surface area contributed by atoms with Crippen LogP contribution in [0.25, 0.3) is 10.2 Å². The van der Waals surface area contributed by atoms with Crippen LogP contribution < -0.4 is 4.90 Å². The minimum absolute atomic E-state index is 0.148. The number of carbonyl (C=O) groups is 1. The van der Waals surface area contributed by atoms with Crippen molar-refractivity contribution in [2.24, 2.45) is 0 Å². The van der Waals surface area contributed by atoms with Crippen LogP contribution in [0.2, 0.25) is 0 Å². The van der Waals surface area contributed by atoms with Crippen molar-refractivity contribution in [2.75, 3.05) is 38.2 Å². The molecule has 2 aromatic carbocycles. The second kappa shape index (κ2) is 7.54. The Hall–Kier alpha value is -2.64. The van der Waals surface area contributed by atoms with Gasteiger partial charge in [-0.3, -0.25) is 4.90 Å². The van der Waals surface area contributed by atoms with E-state index in [-0.39, 0.29) is 11.7 Å². The fourth-order valence-electron chi connectivity index (χ4n) is 3.39. The number of fused-ring (bicyclic) bond motifs is 1. The van der Waals surface area contributed by atoms with Crippen molar-refractivity contribution in [2.45, 2.75) is 6.54 Å². The van der Waals surface area contributed by atoms with Gasteiger partial charge in [-0.2, -0.15) is 0 Å². The maximum atomic E-state index is 12.0. The summed E-state index contributed by atoms with van der Waals surface area (Å²) in [4.78, 5) is 21.2. The molecule has 0 amide bonds. The number of ether oxygens (including phenoxy) is 1. The van der Waals surface area contributed by atoms with E-state index in [0.717, 1.165) is 48.9 Å². The molecule has 0 unspecified atom stereocenters. The number of nitrogens with zero attached hydrogens (tertiary/aromatic N) is 3. The smallest absolute Gasteiger partial charge is 0.339 e. The summed E-state index contributed by atoms with van der Waals surface area (Å²) in [6.07, 6.45) is 0. The standard InChI is InChI=1S/C20H21N3O3S/c1-26-20(25)15-7-6-14(24)12-17(15)23-10-8-22(9-11-23)13-19-21-16-4-2-3-5-18(16)27-19/h2-7,12,24H,8-11,13H2,1H3. The molecule has 1 N–H and O–H groups in total. The van der Waals surface area contributed by atoms with Crippen molar-refractivity contribution in [1.29, 1.82) is 0 Å². The van der Waals surface area contributed by atoms with Gasteiger partial charge in [-0.05, 0) is 24.3 Å². The van der Waals surface area contributed by atoms with Crippen LogP contribution >= 0.6 is 11.3 Å². The summed E-state index contributed by atoms with van der Waals surface area (Å²) in [5.74, 6) is -0.239. The highest BCUT2D eigenvalue weighted by atomic mass is 32.1. The minimum atomic E-state index is -0.387. The first kappa shape index (κ1) is 17.8. The number of carbonyl (C=O) groups excluding carboxylic acids is 1. The summed E-state index contributed by atoms with van der Waals surface area (Å²) in [6, 6.07) is 13.0. The first-order chi connectivity index (χ1) is 13.1. The molecule has 0 spiro atoms. The second-order valence-corrected chi connectivity index (χ2v) is 7.65. The molecule has 1 aromatic heterocycles. The van der Waals surface area contributed by atoms with Crippen LogP contribution in [-0.4, -0.2) is 54.2 Å². The topological polar surface area (TPSA) is 65.9 Å². The lowest BCUT2D eigenvalue weighted by atomic mass is 10.1. The molecule has 3 aromatic rings. The molecule has 0 saturated carbocycles. The molecule has 0 radical (unpaired) electrons. The molecule has 4 rings (SSSR count). The molecule has 1 fully saturated rings. The van der Waals surface area contributed by atoms with E-state index >= 15 is 0 Å². The van der Waals surface area contributed by atoms with Crippen LogP contribution in [-0.2, 0) is 11.3 Å². The van der Waals surface area contributed by atoms with E-state index in [4.69, 9.17) is 9.72 Å². The van der Waals surface area contributed by atoms with Gasteiger partial charge in [0.2, 0.25) is 0 Å². The Balaban J connectivity index is 1.44. The van der Waals surface area contributed by atoms with Crippen molar-refractivity contribution in [3.63, 3.8) is 0 Å². The van der Waals surface area contributed by atoms with Gasteiger partial charge in [0.15, 0.2) is 0 Å². The van der Waals surface area contributed by atoms with Crippen molar-refractivity contribution in [1.82, 2.24) is 9.88 Å². The highest BCUT2D eigenvalue weighted by Crippen LogP contribution is 2.28. The minimum Gasteiger partial charge on any atom is -0.508 e. The third-order valence-corrected chi connectivity index (χ3v) is 5.82. The van der Waals surface area contributed by atoms with Gasteiger partial charge < -0.3 is 14.7 Å². The third kappa shape index (κ3) is 3.74. The number of hydrogen-bond acceptors (Lipinski definition) is 7. The molecule has 0 bridgehead atoms. The number of phenols is 1. The van der Waals surface area contributed by atoms with Crippen LogP contribution in [0.3, 0.4) is 0 Å². The van der Waals surface area contributed by atoms with E-state index in [9.17, 15) is 9.90 Å². The van der Waals surface area contributed by atoms with Crippen molar-refractivity contribution in [3.8, 4) is 5.75 Å². The Morgan fingerprint density at radius 2 is 1.96 bits per heavy atom. The lowest BCUT2D eigenvalue weighted by Gasteiger charge is -2.36. The lowest BCUT2D eigenvalue weighted by Crippen LogP contribution is -2.46. The summed E-state index contributed by atoms with van der Waals surface area (Å²) in [6.45, 7) is 4.12. The number of para-hydroxylation sites is 1. The average Bonchev–Trinajstić information content (AvgIpc) is 3.10. The van der Waals surface area contributed by atoms with Gasteiger partial charge in [0, 0.05) is 32.2 Å². The number of methoxy groups -OCH3 is 1. The number of rotatable bonds is 4. The number of aromatic nitrogens is 1. The van der Waals surface area contributed by atoms with Crippen LogP contribution in [0.15, 0.2) is 42.5 Å². The number of esters is 1. The highest BCUT2D eigenvalue weighted by molar-refractivity contribution is 7.18. The summed E-state index contributed by atoms with van der Waals surface area (Å²) in [5.41, 5.74) is 2.26. The normalized spacial score (nSPS) is 15.2. The molecule has 2 heterocycles. The van der Waals surface area contributed by atoms with Gasteiger partial charge in [-0.15, -0.1) is 11.3 Å². The van der Waals surface area contributed by atoms with Gasteiger partial charge in [-0.25, -0.2) is 9.78 Å². The SMILES string of the molecule is COC(=O)c1ccc(O)cc1N1CCN(Cc2nc3ccccc3s2)CC1. The van der Waals surface area contributed by atoms with Crippen LogP contribution in [0, 0.1) is 0 Å². The van der Waals surface area contributed by atoms with E-state index < -0.39 is 0 Å². The molecular formula is C20H21N3O3S. The Kier molecular flexibility index (Phi) is 4.96. The number of aromatic hydroxyl groups is 1. The Morgan fingerprint density at radius 3 is 2.70 bits per heavy atom. The molecule has 1 saturated heterocycles. The van der Waals surface area contributed by atoms with Crippen LogP contribution in [0.1, 0.15) is 15.4 Å². The molecule has 140 valence electrons. The number of benzene rings is 2. The van der Waals surface area contributed by atoms with E-state index in [2.05, 4.69) is 15.9 Å². The fourth-order valence-corrected chi connectivity index (χ4v) is 4.40. The maximum Gasteiger partial charge on any atom is 0.339 e. The lowest BCUT2D eigenvalue weighted by molar-refractivity contribution is 0.0601. The summed E-state index contributed by atoms with van der Waals surface area (Å²) in [7, 11) is 1.37. The predicted octanol–water partition coefficient (Wildman–Crippen LogP) is 3.11. The summed E-state index contributed by atoms with van der Waals surface area (Å²) in [5, 5.41) is 11.0.